The van der Waals surface area contributed by atoms with Gasteiger partial charge in [-0.3, -0.25) is 0 Å². The zero-order chi connectivity index (χ0) is 13.1. The number of aromatic nitrogens is 2. The molecule has 1 aromatic heterocycles. The summed E-state index contributed by atoms with van der Waals surface area (Å²) in [5.74, 6) is 1.96. The van der Waals surface area contributed by atoms with Gasteiger partial charge in [-0.25, -0.2) is 4.98 Å². The summed E-state index contributed by atoms with van der Waals surface area (Å²) in [4.78, 5) is 7.97. The first-order chi connectivity index (χ1) is 9.33. The first kappa shape index (κ1) is 12.3. The van der Waals surface area contributed by atoms with Crippen LogP contribution >= 0.6 is 11.8 Å². The zero-order valence-electron chi connectivity index (χ0n) is 10.8. The van der Waals surface area contributed by atoms with Crippen molar-refractivity contribution in [2.75, 3.05) is 0 Å². The van der Waals surface area contributed by atoms with E-state index in [0.717, 1.165) is 22.6 Å². The third-order valence-corrected chi connectivity index (χ3v) is 4.39. The van der Waals surface area contributed by atoms with Gasteiger partial charge < -0.3 is 4.98 Å². The van der Waals surface area contributed by atoms with Gasteiger partial charge in [0.2, 0.25) is 0 Å². The molecule has 0 aliphatic carbocycles. The summed E-state index contributed by atoms with van der Waals surface area (Å²) in [5.41, 5.74) is 3.53. The van der Waals surface area contributed by atoms with Crippen LogP contribution in [0.2, 0.25) is 0 Å². The number of H-pyrrole nitrogens is 1. The Morgan fingerprint density at radius 2 is 1.79 bits per heavy atom. The molecular weight excluding hydrogens is 252 g/mol. The van der Waals surface area contributed by atoms with Crippen molar-refractivity contribution in [3.8, 4) is 0 Å². The molecule has 96 valence electrons. The second-order valence-corrected chi connectivity index (χ2v) is 5.89. The van der Waals surface area contributed by atoms with E-state index in [1.165, 1.54) is 5.56 Å². The van der Waals surface area contributed by atoms with E-state index in [4.69, 9.17) is 0 Å². The summed E-state index contributed by atoms with van der Waals surface area (Å²) in [5, 5.41) is 0.481. The lowest BCUT2D eigenvalue weighted by molar-refractivity contribution is 1.07. The maximum Gasteiger partial charge on any atom is 0.117 e. The van der Waals surface area contributed by atoms with Crippen LogP contribution in [0.1, 0.15) is 23.6 Å². The summed E-state index contributed by atoms with van der Waals surface area (Å²) in [6.45, 7) is 2.24. The molecule has 2 nitrogen and oxygen atoms in total. The summed E-state index contributed by atoms with van der Waals surface area (Å²) in [6, 6.07) is 18.8. The van der Waals surface area contributed by atoms with Crippen LogP contribution in [0, 0.1) is 0 Å². The predicted molar refractivity (Wildman–Crippen MR) is 82.2 cm³/mol. The monoisotopic (exact) mass is 268 g/mol. The second kappa shape index (κ2) is 5.49. The number of aromatic amines is 1. The molecule has 2 aromatic carbocycles. The van der Waals surface area contributed by atoms with Gasteiger partial charge >= 0.3 is 0 Å². The fraction of sp³-hybridized carbons (Fsp3) is 0.188. The fourth-order valence-corrected chi connectivity index (χ4v) is 2.99. The Balaban J connectivity index is 1.69. The smallest absolute Gasteiger partial charge is 0.117 e. The van der Waals surface area contributed by atoms with E-state index in [9.17, 15) is 0 Å². The van der Waals surface area contributed by atoms with Crippen molar-refractivity contribution in [1.29, 1.82) is 0 Å². The van der Waals surface area contributed by atoms with Crippen molar-refractivity contribution < 1.29 is 0 Å². The number of imidazole rings is 1. The summed E-state index contributed by atoms with van der Waals surface area (Å²) in [7, 11) is 0. The number of thioether (sulfide) groups is 1. The first-order valence-corrected chi connectivity index (χ1v) is 7.48. The lowest BCUT2D eigenvalue weighted by Crippen LogP contribution is -1.90. The average Bonchev–Trinajstić information content (AvgIpc) is 2.88. The lowest BCUT2D eigenvalue weighted by Gasteiger charge is -2.10. The van der Waals surface area contributed by atoms with Gasteiger partial charge in [-0.15, -0.1) is 11.8 Å². The van der Waals surface area contributed by atoms with Crippen LogP contribution in [0.15, 0.2) is 54.6 Å². The number of hydrogen-bond acceptors (Lipinski definition) is 2. The van der Waals surface area contributed by atoms with Gasteiger partial charge in [0.1, 0.15) is 5.82 Å². The summed E-state index contributed by atoms with van der Waals surface area (Å²) >= 11 is 1.90. The zero-order valence-corrected chi connectivity index (χ0v) is 11.7. The number of hydrogen-bond donors (Lipinski definition) is 1. The van der Waals surface area contributed by atoms with E-state index in [0.29, 0.717) is 5.25 Å². The van der Waals surface area contributed by atoms with Gasteiger partial charge in [0.05, 0.1) is 16.8 Å². The molecule has 1 unspecified atom stereocenters. The Kier molecular flexibility index (Phi) is 3.56. The van der Waals surface area contributed by atoms with Crippen LogP contribution in [0.3, 0.4) is 0 Å². The molecule has 0 saturated heterocycles. The minimum Gasteiger partial charge on any atom is -0.341 e. The first-order valence-electron chi connectivity index (χ1n) is 6.43. The topological polar surface area (TPSA) is 28.7 Å². The average molecular weight is 268 g/mol. The van der Waals surface area contributed by atoms with Crippen molar-refractivity contribution in [3.05, 3.63) is 66.0 Å². The predicted octanol–water partition coefficient (Wildman–Crippen LogP) is 4.56. The fourth-order valence-electron chi connectivity index (χ4n) is 2.10. The molecule has 0 aliphatic heterocycles. The molecule has 1 heterocycles. The van der Waals surface area contributed by atoms with Crippen molar-refractivity contribution in [1.82, 2.24) is 9.97 Å². The summed E-state index contributed by atoms with van der Waals surface area (Å²) in [6.07, 6.45) is 0. The molecule has 3 aromatic rings. The summed E-state index contributed by atoms with van der Waals surface area (Å²) < 4.78 is 0. The van der Waals surface area contributed by atoms with Gasteiger partial charge in [0, 0.05) is 5.25 Å². The van der Waals surface area contributed by atoms with Crippen molar-refractivity contribution in [2.45, 2.75) is 17.9 Å². The van der Waals surface area contributed by atoms with Crippen LogP contribution in [-0.4, -0.2) is 9.97 Å². The van der Waals surface area contributed by atoms with E-state index in [1.807, 2.05) is 30.0 Å². The molecule has 0 saturated carbocycles. The number of benzene rings is 2. The molecule has 0 bridgehead atoms. The molecule has 1 N–H and O–H groups in total. The SMILES string of the molecule is CC(SCc1nc2ccccc2[nH]1)c1ccccc1. The maximum atomic E-state index is 4.60. The Labute approximate surface area is 117 Å². The number of nitrogens with zero attached hydrogens (tertiary/aromatic N) is 1. The van der Waals surface area contributed by atoms with Crippen LogP contribution in [0.5, 0.6) is 0 Å². The quantitative estimate of drug-likeness (QED) is 0.751. The van der Waals surface area contributed by atoms with Gasteiger partial charge in [-0.2, -0.15) is 0 Å². The number of fused-ring (bicyclic) bond motifs is 1. The minimum absolute atomic E-state index is 0.481. The molecule has 0 fully saturated rings. The standard InChI is InChI=1S/C16H16N2S/c1-12(13-7-3-2-4-8-13)19-11-16-17-14-9-5-6-10-15(14)18-16/h2-10,12H,11H2,1H3,(H,17,18). The van der Waals surface area contributed by atoms with E-state index in [2.05, 4.69) is 53.3 Å². The highest BCUT2D eigenvalue weighted by molar-refractivity contribution is 7.98. The molecule has 0 aliphatic rings. The third kappa shape index (κ3) is 2.82. The highest BCUT2D eigenvalue weighted by atomic mass is 32.2. The van der Waals surface area contributed by atoms with Crippen LogP contribution in [0.25, 0.3) is 11.0 Å². The molecule has 0 amide bonds. The molecule has 0 spiro atoms. The van der Waals surface area contributed by atoms with Crippen molar-refractivity contribution >= 4 is 22.8 Å². The Morgan fingerprint density at radius 1 is 1.05 bits per heavy atom. The van der Waals surface area contributed by atoms with Crippen LogP contribution in [0.4, 0.5) is 0 Å². The number of para-hydroxylation sites is 2. The van der Waals surface area contributed by atoms with E-state index in [1.54, 1.807) is 0 Å². The third-order valence-electron chi connectivity index (χ3n) is 3.18. The van der Waals surface area contributed by atoms with E-state index >= 15 is 0 Å². The number of rotatable bonds is 4. The molecule has 19 heavy (non-hydrogen) atoms. The van der Waals surface area contributed by atoms with Gasteiger partial charge in [-0.05, 0) is 24.6 Å². The molecule has 3 rings (SSSR count). The Hall–Kier alpha value is -1.74. The Morgan fingerprint density at radius 3 is 2.58 bits per heavy atom. The highest BCUT2D eigenvalue weighted by Gasteiger charge is 2.08. The second-order valence-electron chi connectivity index (χ2n) is 4.56. The van der Waals surface area contributed by atoms with Crippen LogP contribution < -0.4 is 0 Å². The normalized spacial score (nSPS) is 12.7. The maximum absolute atomic E-state index is 4.60. The van der Waals surface area contributed by atoms with Gasteiger partial charge in [0.25, 0.3) is 0 Å². The molecular formula is C16H16N2S. The Bertz CT molecular complexity index is 628. The molecule has 0 radical (unpaired) electrons. The lowest BCUT2D eigenvalue weighted by atomic mass is 10.2. The number of nitrogens with one attached hydrogen (secondary N) is 1. The van der Waals surface area contributed by atoms with Crippen molar-refractivity contribution in [3.63, 3.8) is 0 Å². The van der Waals surface area contributed by atoms with Gasteiger partial charge in [0.15, 0.2) is 0 Å². The molecule has 1 atom stereocenters. The van der Waals surface area contributed by atoms with E-state index in [-0.39, 0.29) is 0 Å². The highest BCUT2D eigenvalue weighted by Crippen LogP contribution is 2.30. The van der Waals surface area contributed by atoms with Gasteiger partial charge in [-0.1, -0.05) is 42.5 Å². The largest absolute Gasteiger partial charge is 0.341 e. The minimum atomic E-state index is 0.481. The molecule has 3 heteroatoms. The van der Waals surface area contributed by atoms with Crippen LogP contribution in [-0.2, 0) is 5.75 Å². The van der Waals surface area contributed by atoms with Crippen molar-refractivity contribution in [2.24, 2.45) is 0 Å². The van der Waals surface area contributed by atoms with E-state index < -0.39 is 0 Å².